The summed E-state index contributed by atoms with van der Waals surface area (Å²) in [5.74, 6) is 0.0958. The quantitative estimate of drug-likeness (QED) is 0.348. The van der Waals surface area contributed by atoms with Gasteiger partial charge in [-0.1, -0.05) is 30.3 Å². The number of carbonyl (C=O) groups is 1. The number of aromatic nitrogens is 2. The van der Waals surface area contributed by atoms with E-state index in [2.05, 4.69) is 20.9 Å². The molecule has 35 heavy (non-hydrogen) atoms. The van der Waals surface area contributed by atoms with Crippen LogP contribution in [-0.4, -0.2) is 51.9 Å². The van der Waals surface area contributed by atoms with Gasteiger partial charge in [0.2, 0.25) is 0 Å². The zero-order valence-electron chi connectivity index (χ0n) is 19.8. The van der Waals surface area contributed by atoms with E-state index in [1.165, 1.54) is 23.0 Å². The van der Waals surface area contributed by atoms with Crippen LogP contribution in [0.1, 0.15) is 34.3 Å². The summed E-state index contributed by atoms with van der Waals surface area (Å²) in [7, 11) is 1.87. The maximum absolute atomic E-state index is 14.6. The molecule has 180 valence electrons. The number of para-hydroxylation sites is 1. The Kier molecular flexibility index (Phi) is 7.16. The summed E-state index contributed by atoms with van der Waals surface area (Å²) >= 11 is 1.52. The second-order valence-corrected chi connectivity index (χ2v) is 10.0. The fourth-order valence-electron chi connectivity index (χ4n) is 5.17. The molecule has 1 aliphatic heterocycles. The van der Waals surface area contributed by atoms with E-state index in [0.29, 0.717) is 23.5 Å². The van der Waals surface area contributed by atoms with Crippen LogP contribution in [0.5, 0.6) is 0 Å². The molecule has 3 heterocycles. The van der Waals surface area contributed by atoms with Crippen LogP contribution in [0.15, 0.2) is 71.7 Å². The number of rotatable bonds is 7. The maximum atomic E-state index is 14.6. The molecule has 1 aliphatic rings. The Bertz CT molecular complexity index is 1280. The van der Waals surface area contributed by atoms with Gasteiger partial charge >= 0.3 is 0 Å². The normalized spacial score (nSPS) is 15.8. The molecule has 0 aliphatic carbocycles. The van der Waals surface area contributed by atoms with Gasteiger partial charge in [-0.15, -0.1) is 0 Å². The summed E-state index contributed by atoms with van der Waals surface area (Å²) in [4.78, 5) is 26.5. The number of carbonyl (C=O) groups excluding carboxylic acids is 1. The Morgan fingerprint density at radius 3 is 2.63 bits per heavy atom. The number of likely N-dealkylation sites (tertiary alicyclic amines) is 1. The standard InChI is InChI=1S/C28H29FN4OS/c1-32(28(34)23-11-16-35-19-23)26(17-21-5-2-3-7-24(21)29)20-9-14-33(15-10-20)18-22-6-4-8-25-27(22)31-13-12-30-25/h2-8,11-13,16,19-20,26H,9-10,14-15,17-18H2,1H3. The van der Waals surface area contributed by atoms with Crippen LogP contribution in [-0.2, 0) is 13.0 Å². The van der Waals surface area contributed by atoms with Gasteiger partial charge in [-0.3, -0.25) is 19.7 Å². The number of amides is 1. The van der Waals surface area contributed by atoms with E-state index in [4.69, 9.17) is 0 Å². The second kappa shape index (κ2) is 10.6. The first-order valence-corrected chi connectivity index (χ1v) is 13.0. The third-order valence-electron chi connectivity index (χ3n) is 7.13. The second-order valence-electron chi connectivity index (χ2n) is 9.25. The third kappa shape index (κ3) is 5.26. The SMILES string of the molecule is CN(C(=O)c1ccsc1)C(Cc1ccccc1F)C1CCN(Cc2cccc3nccnc23)CC1. The van der Waals surface area contributed by atoms with E-state index in [9.17, 15) is 9.18 Å². The van der Waals surface area contributed by atoms with Crippen LogP contribution in [0.2, 0.25) is 0 Å². The molecule has 0 N–H and O–H groups in total. The highest BCUT2D eigenvalue weighted by atomic mass is 32.1. The third-order valence-corrected chi connectivity index (χ3v) is 7.81. The van der Waals surface area contributed by atoms with E-state index >= 15 is 0 Å². The first-order chi connectivity index (χ1) is 17.1. The molecular formula is C28H29FN4OS. The Labute approximate surface area is 209 Å². The lowest BCUT2D eigenvalue weighted by Crippen LogP contribution is -2.47. The van der Waals surface area contributed by atoms with Crippen LogP contribution >= 0.6 is 11.3 Å². The fourth-order valence-corrected chi connectivity index (χ4v) is 5.80. The Morgan fingerprint density at radius 2 is 1.86 bits per heavy atom. The molecule has 2 aromatic carbocycles. The Balaban J connectivity index is 1.31. The zero-order chi connectivity index (χ0) is 24.2. The molecule has 1 atom stereocenters. The summed E-state index contributed by atoms with van der Waals surface area (Å²) in [6.07, 6.45) is 5.89. The van der Waals surface area contributed by atoms with E-state index in [-0.39, 0.29) is 17.8 Å². The number of benzene rings is 2. The molecule has 4 aromatic rings. The highest BCUT2D eigenvalue weighted by Crippen LogP contribution is 2.29. The smallest absolute Gasteiger partial charge is 0.254 e. The minimum atomic E-state index is -0.205. The van der Waals surface area contributed by atoms with Gasteiger partial charge in [0.15, 0.2) is 0 Å². The minimum absolute atomic E-state index is 0.00403. The summed E-state index contributed by atoms with van der Waals surface area (Å²) in [5, 5.41) is 3.80. The molecule has 0 radical (unpaired) electrons. The first-order valence-electron chi connectivity index (χ1n) is 12.0. The molecule has 1 amide bonds. The zero-order valence-corrected chi connectivity index (χ0v) is 20.6. The van der Waals surface area contributed by atoms with Crippen LogP contribution in [0.25, 0.3) is 11.0 Å². The van der Waals surface area contributed by atoms with Crippen LogP contribution in [0, 0.1) is 11.7 Å². The molecule has 5 rings (SSSR count). The van der Waals surface area contributed by atoms with Crippen LogP contribution in [0.4, 0.5) is 4.39 Å². The number of hydrogen-bond acceptors (Lipinski definition) is 5. The topological polar surface area (TPSA) is 49.3 Å². The van der Waals surface area contributed by atoms with Crippen molar-refractivity contribution in [2.24, 2.45) is 5.92 Å². The molecule has 1 fully saturated rings. The molecule has 5 nitrogen and oxygen atoms in total. The molecule has 0 saturated carbocycles. The maximum Gasteiger partial charge on any atom is 0.254 e. The van der Waals surface area contributed by atoms with Gasteiger partial charge in [-0.2, -0.15) is 11.3 Å². The number of fused-ring (bicyclic) bond motifs is 1. The average molecular weight is 489 g/mol. The summed E-state index contributed by atoms with van der Waals surface area (Å²) in [6.45, 7) is 2.68. The molecule has 0 spiro atoms. The number of likely N-dealkylation sites (N-methyl/N-ethyl adjacent to an activating group) is 1. The van der Waals surface area contributed by atoms with Crippen LogP contribution in [0.3, 0.4) is 0 Å². The summed E-state index contributed by atoms with van der Waals surface area (Å²) in [5.41, 5.74) is 4.42. The number of piperidine rings is 1. The Hall–Kier alpha value is -3.16. The minimum Gasteiger partial charge on any atom is -0.338 e. The van der Waals surface area contributed by atoms with E-state index in [1.807, 2.05) is 53.0 Å². The van der Waals surface area contributed by atoms with Gasteiger partial charge in [0.25, 0.3) is 5.91 Å². The van der Waals surface area contributed by atoms with E-state index in [0.717, 1.165) is 43.5 Å². The monoisotopic (exact) mass is 488 g/mol. The van der Waals surface area contributed by atoms with Crippen molar-refractivity contribution in [1.29, 1.82) is 0 Å². The average Bonchev–Trinajstić information content (AvgIpc) is 3.43. The number of nitrogens with zero attached hydrogens (tertiary/aromatic N) is 4. The largest absolute Gasteiger partial charge is 0.338 e. The van der Waals surface area contributed by atoms with Crippen molar-refractivity contribution < 1.29 is 9.18 Å². The van der Waals surface area contributed by atoms with Crippen LogP contribution < -0.4 is 0 Å². The molecule has 1 unspecified atom stereocenters. The molecule has 0 bridgehead atoms. The van der Waals surface area contributed by atoms with Gasteiger partial charge in [0.1, 0.15) is 5.82 Å². The Morgan fingerprint density at radius 1 is 1.09 bits per heavy atom. The predicted molar refractivity (Wildman–Crippen MR) is 138 cm³/mol. The van der Waals surface area contributed by atoms with E-state index < -0.39 is 0 Å². The van der Waals surface area contributed by atoms with Gasteiger partial charge in [-0.25, -0.2) is 4.39 Å². The summed E-state index contributed by atoms with van der Waals surface area (Å²) < 4.78 is 14.6. The molecule has 7 heteroatoms. The van der Waals surface area contributed by atoms with Crippen molar-refractivity contribution >= 4 is 28.3 Å². The van der Waals surface area contributed by atoms with Crippen molar-refractivity contribution in [2.45, 2.75) is 31.8 Å². The van der Waals surface area contributed by atoms with Crippen molar-refractivity contribution in [3.8, 4) is 0 Å². The fraction of sp³-hybridized carbons (Fsp3) is 0.321. The predicted octanol–water partition coefficient (Wildman–Crippen LogP) is 5.43. The van der Waals surface area contributed by atoms with Crippen molar-refractivity contribution in [2.75, 3.05) is 20.1 Å². The highest BCUT2D eigenvalue weighted by molar-refractivity contribution is 7.08. The molecule has 2 aromatic heterocycles. The van der Waals surface area contributed by atoms with Gasteiger partial charge in [-0.05, 0) is 73.0 Å². The number of halogens is 1. The van der Waals surface area contributed by atoms with Gasteiger partial charge in [0.05, 0.1) is 16.6 Å². The number of hydrogen-bond donors (Lipinski definition) is 0. The lowest BCUT2D eigenvalue weighted by atomic mass is 9.84. The van der Waals surface area contributed by atoms with Crippen molar-refractivity contribution in [1.82, 2.24) is 19.8 Å². The number of thiophene rings is 1. The molecular weight excluding hydrogens is 459 g/mol. The summed E-state index contributed by atoms with van der Waals surface area (Å²) in [6, 6.07) is 14.9. The van der Waals surface area contributed by atoms with Crippen molar-refractivity contribution in [3.05, 3.63) is 94.2 Å². The lowest BCUT2D eigenvalue weighted by Gasteiger charge is -2.40. The highest BCUT2D eigenvalue weighted by Gasteiger charge is 2.32. The van der Waals surface area contributed by atoms with E-state index in [1.54, 1.807) is 18.5 Å². The van der Waals surface area contributed by atoms with Gasteiger partial charge < -0.3 is 4.90 Å². The first kappa shape index (κ1) is 23.6. The lowest BCUT2D eigenvalue weighted by molar-refractivity contribution is 0.0584. The van der Waals surface area contributed by atoms with Gasteiger partial charge in [0, 0.05) is 37.4 Å². The van der Waals surface area contributed by atoms with Crippen molar-refractivity contribution in [3.63, 3.8) is 0 Å². The molecule has 1 saturated heterocycles.